The number of aromatic hydroxyl groups is 2. The fraction of sp³-hybridized carbons (Fsp3) is 0.294. The summed E-state index contributed by atoms with van der Waals surface area (Å²) in [6.45, 7) is 2.56. The number of hydrogen-bond donors (Lipinski definition) is 2. The Labute approximate surface area is 173 Å². The van der Waals surface area contributed by atoms with E-state index in [9.17, 15) is 10.2 Å². The molecule has 1 fully saturated rings. The predicted octanol–water partition coefficient (Wildman–Crippen LogP) is 6.24. The van der Waals surface area contributed by atoms with Crippen molar-refractivity contribution < 1.29 is 14.9 Å². The van der Waals surface area contributed by atoms with E-state index in [1.54, 1.807) is 12.1 Å². The molecule has 128 valence electrons. The first kappa shape index (κ1) is 18.7. The van der Waals surface area contributed by atoms with Crippen LogP contribution in [0.5, 0.6) is 11.5 Å². The minimum atomic E-state index is -0.399. The molecule has 0 spiro atoms. The average molecular weight is 586 g/mol. The summed E-state index contributed by atoms with van der Waals surface area (Å²) in [7, 11) is 0. The topological polar surface area (TPSA) is 49.7 Å². The highest BCUT2D eigenvalue weighted by Crippen LogP contribution is 2.51. The molecule has 0 saturated carbocycles. The Hall–Kier alpha value is -0.0800. The van der Waals surface area contributed by atoms with E-state index in [-0.39, 0.29) is 17.6 Å². The molecule has 0 radical (unpaired) electrons. The summed E-state index contributed by atoms with van der Waals surface area (Å²) in [5.41, 5.74) is 1.65. The molecule has 3 rings (SSSR count). The van der Waals surface area contributed by atoms with Crippen molar-refractivity contribution >= 4 is 63.7 Å². The van der Waals surface area contributed by atoms with Gasteiger partial charge in [-0.05, 0) is 100 Å². The van der Waals surface area contributed by atoms with Crippen LogP contribution in [0.15, 0.2) is 42.2 Å². The van der Waals surface area contributed by atoms with Crippen LogP contribution >= 0.6 is 63.7 Å². The molecule has 0 bridgehead atoms. The van der Waals surface area contributed by atoms with Gasteiger partial charge in [0.1, 0.15) is 11.5 Å². The lowest BCUT2D eigenvalue weighted by molar-refractivity contribution is 0.119. The Kier molecular flexibility index (Phi) is 5.39. The lowest BCUT2D eigenvalue weighted by atomic mass is 9.73. The molecule has 7 heteroatoms. The summed E-state index contributed by atoms with van der Waals surface area (Å²) >= 11 is 14.1. The van der Waals surface area contributed by atoms with Gasteiger partial charge in [0.25, 0.3) is 0 Å². The third-order valence-corrected chi connectivity index (χ3v) is 8.72. The number of ether oxygens (including phenoxy) is 1. The van der Waals surface area contributed by atoms with Gasteiger partial charge in [-0.15, -0.1) is 0 Å². The Bertz CT molecular complexity index is 749. The standard InChI is InChI=1S/C17H14Br4O3/c1-8-6-17(7-24-8,9-2-4-11(22)15(20)13(9)18)10-3-5-12(23)16(21)14(10)19/h2-5,8,22-23H,6-7H2,1H3. The van der Waals surface area contributed by atoms with E-state index in [0.717, 1.165) is 26.5 Å². The molecule has 1 aliphatic rings. The van der Waals surface area contributed by atoms with E-state index < -0.39 is 5.41 Å². The maximum atomic E-state index is 9.95. The smallest absolute Gasteiger partial charge is 0.130 e. The molecule has 2 aromatic carbocycles. The van der Waals surface area contributed by atoms with Gasteiger partial charge in [-0.1, -0.05) is 12.1 Å². The van der Waals surface area contributed by atoms with Gasteiger partial charge in [0.2, 0.25) is 0 Å². The van der Waals surface area contributed by atoms with E-state index in [2.05, 4.69) is 70.6 Å². The lowest BCUT2D eigenvalue weighted by Crippen LogP contribution is -2.29. The van der Waals surface area contributed by atoms with E-state index >= 15 is 0 Å². The van der Waals surface area contributed by atoms with Crippen molar-refractivity contribution in [2.24, 2.45) is 0 Å². The predicted molar refractivity (Wildman–Crippen MR) is 108 cm³/mol. The Morgan fingerprint density at radius 1 is 0.875 bits per heavy atom. The van der Waals surface area contributed by atoms with Gasteiger partial charge in [0, 0.05) is 14.4 Å². The van der Waals surface area contributed by atoms with Gasteiger partial charge in [0.15, 0.2) is 0 Å². The molecule has 0 aliphatic carbocycles. The molecular formula is C17H14Br4O3. The minimum Gasteiger partial charge on any atom is -0.507 e. The zero-order valence-electron chi connectivity index (χ0n) is 12.6. The van der Waals surface area contributed by atoms with Gasteiger partial charge in [-0.3, -0.25) is 0 Å². The van der Waals surface area contributed by atoms with Crippen LogP contribution < -0.4 is 0 Å². The zero-order valence-corrected chi connectivity index (χ0v) is 19.0. The van der Waals surface area contributed by atoms with Gasteiger partial charge >= 0.3 is 0 Å². The van der Waals surface area contributed by atoms with Crippen molar-refractivity contribution in [1.29, 1.82) is 0 Å². The van der Waals surface area contributed by atoms with Crippen LogP contribution in [0.1, 0.15) is 24.5 Å². The number of rotatable bonds is 2. The summed E-state index contributed by atoms with van der Waals surface area (Å²) in [5, 5.41) is 19.9. The average Bonchev–Trinajstić information content (AvgIpc) is 2.93. The summed E-state index contributed by atoms with van der Waals surface area (Å²) in [6.07, 6.45) is 0.891. The maximum Gasteiger partial charge on any atom is 0.130 e. The second-order valence-electron chi connectivity index (χ2n) is 5.93. The van der Waals surface area contributed by atoms with Crippen LogP contribution in [-0.2, 0) is 10.2 Å². The molecule has 1 atom stereocenters. The van der Waals surface area contributed by atoms with Gasteiger partial charge in [-0.25, -0.2) is 0 Å². The van der Waals surface area contributed by atoms with Crippen molar-refractivity contribution in [3.05, 3.63) is 53.3 Å². The Morgan fingerprint density at radius 2 is 1.33 bits per heavy atom. The van der Waals surface area contributed by atoms with Gasteiger partial charge < -0.3 is 14.9 Å². The van der Waals surface area contributed by atoms with Crippen molar-refractivity contribution in [3.8, 4) is 11.5 Å². The van der Waals surface area contributed by atoms with E-state index in [4.69, 9.17) is 4.74 Å². The lowest BCUT2D eigenvalue weighted by Gasteiger charge is -2.32. The molecule has 1 saturated heterocycles. The Morgan fingerprint density at radius 3 is 1.71 bits per heavy atom. The summed E-state index contributed by atoms with van der Waals surface area (Å²) in [4.78, 5) is 0. The summed E-state index contributed by atoms with van der Waals surface area (Å²) < 4.78 is 8.77. The fourth-order valence-corrected chi connectivity index (χ4v) is 5.35. The molecule has 0 amide bonds. The second-order valence-corrected chi connectivity index (χ2v) is 9.10. The molecule has 1 aliphatic heterocycles. The molecule has 24 heavy (non-hydrogen) atoms. The number of phenolic OH excluding ortho intramolecular Hbond substituents is 2. The highest BCUT2D eigenvalue weighted by molar-refractivity contribution is 9.13. The molecule has 1 heterocycles. The monoisotopic (exact) mass is 582 g/mol. The largest absolute Gasteiger partial charge is 0.507 e. The summed E-state index contributed by atoms with van der Waals surface area (Å²) in [5.74, 6) is 0.359. The molecular weight excluding hydrogens is 572 g/mol. The van der Waals surface area contributed by atoms with E-state index in [1.165, 1.54) is 0 Å². The fourth-order valence-electron chi connectivity index (χ4n) is 3.23. The van der Waals surface area contributed by atoms with Gasteiger partial charge in [-0.2, -0.15) is 0 Å². The SMILES string of the molecule is CC1CC(c2ccc(O)c(Br)c2Br)(c2ccc(O)c(Br)c2Br)CO1. The molecule has 3 nitrogen and oxygen atoms in total. The first-order valence-corrected chi connectivity index (χ1v) is 10.4. The van der Waals surface area contributed by atoms with Crippen molar-refractivity contribution in [1.82, 2.24) is 0 Å². The molecule has 2 aromatic rings. The maximum absolute atomic E-state index is 9.95. The van der Waals surface area contributed by atoms with Crippen LogP contribution in [0.3, 0.4) is 0 Å². The first-order valence-electron chi connectivity index (χ1n) is 7.24. The number of hydrogen-bond acceptors (Lipinski definition) is 3. The van der Waals surface area contributed by atoms with Crippen LogP contribution in [0, 0.1) is 0 Å². The van der Waals surface area contributed by atoms with Crippen LogP contribution in [0.4, 0.5) is 0 Å². The van der Waals surface area contributed by atoms with Crippen molar-refractivity contribution in [2.45, 2.75) is 24.9 Å². The van der Waals surface area contributed by atoms with Crippen LogP contribution in [0.25, 0.3) is 0 Å². The van der Waals surface area contributed by atoms with Crippen LogP contribution in [0.2, 0.25) is 0 Å². The highest BCUT2D eigenvalue weighted by atomic mass is 79.9. The third kappa shape index (κ3) is 2.96. The number of phenols is 2. The second kappa shape index (κ2) is 6.91. The quantitative estimate of drug-likeness (QED) is 0.439. The normalized spacial score (nSPS) is 19.6. The van der Waals surface area contributed by atoms with Gasteiger partial charge in [0.05, 0.1) is 21.7 Å². The van der Waals surface area contributed by atoms with E-state index in [1.807, 2.05) is 12.1 Å². The van der Waals surface area contributed by atoms with Crippen molar-refractivity contribution in [2.75, 3.05) is 6.61 Å². The molecule has 2 N–H and O–H groups in total. The Balaban J connectivity index is 2.29. The minimum absolute atomic E-state index is 0.101. The number of halogens is 4. The van der Waals surface area contributed by atoms with E-state index in [0.29, 0.717) is 15.6 Å². The first-order chi connectivity index (χ1) is 11.3. The number of benzene rings is 2. The summed E-state index contributed by atoms with van der Waals surface area (Å²) in [6, 6.07) is 7.19. The molecule has 1 unspecified atom stereocenters. The zero-order chi connectivity index (χ0) is 17.6. The molecule has 0 aromatic heterocycles. The van der Waals surface area contributed by atoms with Crippen molar-refractivity contribution in [3.63, 3.8) is 0 Å². The highest BCUT2D eigenvalue weighted by Gasteiger charge is 2.45. The van der Waals surface area contributed by atoms with Crippen LogP contribution in [-0.4, -0.2) is 22.9 Å². The third-order valence-electron chi connectivity index (χ3n) is 4.41.